The van der Waals surface area contributed by atoms with Crippen molar-refractivity contribution >= 4 is 10.0 Å². The van der Waals surface area contributed by atoms with E-state index in [1.807, 2.05) is 25.8 Å². The molecule has 0 heterocycles. The smallest absolute Gasteiger partial charge is 0.240 e. The molecule has 0 saturated heterocycles. The molecule has 0 aliphatic rings. The monoisotopic (exact) mass is 300 g/mol. The highest BCUT2D eigenvalue weighted by Crippen LogP contribution is 2.09. The Morgan fingerprint density at radius 2 is 1.90 bits per heavy atom. The number of rotatable bonds is 8. The first-order chi connectivity index (χ1) is 9.35. The van der Waals surface area contributed by atoms with Crippen LogP contribution in [-0.2, 0) is 10.0 Å². The molecule has 0 bridgehead atoms. The van der Waals surface area contributed by atoms with Gasteiger partial charge >= 0.3 is 0 Å². The number of hydrogen-bond donors (Lipinski definition) is 2. The van der Waals surface area contributed by atoms with Gasteiger partial charge in [-0.2, -0.15) is 0 Å². The summed E-state index contributed by atoms with van der Waals surface area (Å²) in [5.74, 6) is 0. The van der Waals surface area contributed by atoms with Crippen molar-refractivity contribution in [1.82, 2.24) is 9.62 Å². The van der Waals surface area contributed by atoms with E-state index in [0.29, 0.717) is 26.1 Å². The number of aliphatic hydroxyl groups is 1. The average Bonchev–Trinajstić information content (AvgIpc) is 2.38. The van der Waals surface area contributed by atoms with Crippen molar-refractivity contribution in [2.75, 3.05) is 26.7 Å². The number of aryl methyl sites for hydroxylation is 1. The Morgan fingerprint density at radius 3 is 2.45 bits per heavy atom. The van der Waals surface area contributed by atoms with Crippen molar-refractivity contribution in [3.8, 4) is 0 Å². The van der Waals surface area contributed by atoms with Gasteiger partial charge in [0.2, 0.25) is 10.0 Å². The van der Waals surface area contributed by atoms with Crippen molar-refractivity contribution < 1.29 is 13.5 Å². The summed E-state index contributed by atoms with van der Waals surface area (Å²) in [5.41, 5.74) is 1.03. The van der Waals surface area contributed by atoms with Crippen LogP contribution in [0.5, 0.6) is 0 Å². The van der Waals surface area contributed by atoms with Crippen molar-refractivity contribution in [1.29, 1.82) is 0 Å². The van der Waals surface area contributed by atoms with Crippen LogP contribution in [0.4, 0.5) is 0 Å². The molecule has 1 aromatic rings. The van der Waals surface area contributed by atoms with Crippen LogP contribution in [0.1, 0.15) is 18.9 Å². The summed E-state index contributed by atoms with van der Waals surface area (Å²) in [6.45, 7) is 5.25. The van der Waals surface area contributed by atoms with Crippen LogP contribution >= 0.6 is 0 Å². The molecule has 0 radical (unpaired) electrons. The van der Waals surface area contributed by atoms with Gasteiger partial charge in [-0.1, -0.05) is 24.6 Å². The van der Waals surface area contributed by atoms with Crippen LogP contribution in [0.15, 0.2) is 29.2 Å². The van der Waals surface area contributed by atoms with Crippen LogP contribution < -0.4 is 4.72 Å². The van der Waals surface area contributed by atoms with E-state index < -0.39 is 10.0 Å². The molecule has 0 saturated carbocycles. The topological polar surface area (TPSA) is 69.6 Å². The first kappa shape index (κ1) is 17.1. The highest BCUT2D eigenvalue weighted by Gasteiger charge is 2.13. The van der Waals surface area contributed by atoms with Gasteiger partial charge in [-0.05, 0) is 32.5 Å². The zero-order chi connectivity index (χ0) is 15.2. The summed E-state index contributed by atoms with van der Waals surface area (Å²) in [6.07, 6.45) is 0.327. The van der Waals surface area contributed by atoms with E-state index in [-0.39, 0.29) is 11.0 Å². The van der Waals surface area contributed by atoms with Crippen molar-refractivity contribution in [2.24, 2.45) is 0 Å². The molecule has 0 spiro atoms. The van der Waals surface area contributed by atoms with E-state index in [2.05, 4.69) is 4.72 Å². The summed E-state index contributed by atoms with van der Waals surface area (Å²) in [4.78, 5) is 2.19. The quantitative estimate of drug-likeness (QED) is 0.751. The van der Waals surface area contributed by atoms with Crippen molar-refractivity contribution in [3.63, 3.8) is 0 Å². The fourth-order valence-corrected chi connectivity index (χ4v) is 2.77. The molecule has 0 unspecified atom stereocenters. The molecule has 0 amide bonds. The molecular formula is C14H24N2O3S. The number of benzene rings is 1. The summed E-state index contributed by atoms with van der Waals surface area (Å²) in [7, 11) is -1.59. The number of nitrogens with one attached hydrogen (secondary N) is 1. The summed E-state index contributed by atoms with van der Waals surface area (Å²) >= 11 is 0. The fourth-order valence-electron chi connectivity index (χ4n) is 1.75. The molecular weight excluding hydrogens is 276 g/mol. The van der Waals surface area contributed by atoms with E-state index in [0.717, 1.165) is 5.56 Å². The lowest BCUT2D eigenvalue weighted by Crippen LogP contribution is -2.36. The molecule has 0 aliphatic heterocycles. The van der Waals surface area contributed by atoms with E-state index in [1.54, 1.807) is 24.3 Å². The lowest BCUT2D eigenvalue weighted by Gasteiger charge is -2.19. The van der Waals surface area contributed by atoms with Gasteiger partial charge in [-0.15, -0.1) is 0 Å². The number of aliphatic hydroxyl groups excluding tert-OH is 1. The largest absolute Gasteiger partial charge is 0.392 e. The zero-order valence-corrected chi connectivity index (χ0v) is 13.2. The third-order valence-electron chi connectivity index (χ3n) is 3.11. The first-order valence-corrected chi connectivity index (χ1v) is 8.26. The van der Waals surface area contributed by atoms with E-state index >= 15 is 0 Å². The molecule has 0 aromatic heterocycles. The molecule has 0 aliphatic carbocycles. The third-order valence-corrected chi connectivity index (χ3v) is 4.59. The Bertz CT molecular complexity index is 500. The number of nitrogens with zero attached hydrogens (tertiary/aromatic N) is 1. The Balaban J connectivity index is 2.46. The van der Waals surface area contributed by atoms with Crippen molar-refractivity contribution in [2.45, 2.75) is 31.3 Å². The minimum atomic E-state index is -3.45. The second-order valence-corrected chi connectivity index (χ2v) is 6.80. The number of sulfonamides is 1. The highest BCUT2D eigenvalue weighted by atomic mass is 32.2. The lowest BCUT2D eigenvalue weighted by atomic mass is 10.2. The van der Waals surface area contributed by atoms with Gasteiger partial charge in [0.05, 0.1) is 11.0 Å². The van der Waals surface area contributed by atoms with Crippen LogP contribution in [0, 0.1) is 6.92 Å². The van der Waals surface area contributed by atoms with Gasteiger partial charge in [0, 0.05) is 19.6 Å². The summed E-state index contributed by atoms with van der Waals surface area (Å²) < 4.78 is 26.6. The Kier molecular flexibility index (Phi) is 6.61. The minimum Gasteiger partial charge on any atom is -0.392 e. The van der Waals surface area contributed by atoms with Gasteiger partial charge in [-0.25, -0.2) is 13.1 Å². The average molecular weight is 300 g/mol. The maximum atomic E-state index is 12.0. The number of likely N-dealkylation sites (N-methyl/N-ethyl adjacent to an activating group) is 1. The van der Waals surface area contributed by atoms with Gasteiger partial charge in [0.15, 0.2) is 0 Å². The molecule has 1 rings (SSSR count). The van der Waals surface area contributed by atoms with E-state index in [1.165, 1.54) is 0 Å². The predicted octanol–water partition coefficient (Wildman–Crippen LogP) is 0.976. The Hall–Kier alpha value is -0.950. The summed E-state index contributed by atoms with van der Waals surface area (Å²) in [6, 6.07) is 6.75. The van der Waals surface area contributed by atoms with Gasteiger partial charge < -0.3 is 10.0 Å². The SMILES string of the molecule is CC[C@@H](O)CN(C)CCNS(=O)(=O)c1ccc(C)cc1. The fraction of sp³-hybridized carbons (Fsp3) is 0.571. The van der Waals surface area contributed by atoms with Crippen LogP contribution in [0.3, 0.4) is 0 Å². The second kappa shape index (κ2) is 7.73. The molecule has 1 aromatic carbocycles. The number of hydrogen-bond acceptors (Lipinski definition) is 4. The second-order valence-electron chi connectivity index (χ2n) is 5.04. The maximum Gasteiger partial charge on any atom is 0.240 e. The zero-order valence-electron chi connectivity index (χ0n) is 12.3. The predicted molar refractivity (Wildman–Crippen MR) is 80.2 cm³/mol. The molecule has 20 heavy (non-hydrogen) atoms. The maximum absolute atomic E-state index is 12.0. The Morgan fingerprint density at radius 1 is 1.30 bits per heavy atom. The van der Waals surface area contributed by atoms with Gasteiger partial charge in [-0.3, -0.25) is 0 Å². The lowest BCUT2D eigenvalue weighted by molar-refractivity contribution is 0.123. The van der Waals surface area contributed by atoms with E-state index in [4.69, 9.17) is 0 Å². The molecule has 6 heteroatoms. The van der Waals surface area contributed by atoms with Crippen LogP contribution in [0.25, 0.3) is 0 Å². The van der Waals surface area contributed by atoms with Gasteiger partial charge in [0.1, 0.15) is 0 Å². The van der Waals surface area contributed by atoms with Crippen LogP contribution in [0.2, 0.25) is 0 Å². The Labute approximate surface area is 121 Å². The molecule has 114 valence electrons. The molecule has 2 N–H and O–H groups in total. The summed E-state index contributed by atoms with van der Waals surface area (Å²) in [5, 5.41) is 9.51. The highest BCUT2D eigenvalue weighted by molar-refractivity contribution is 7.89. The minimum absolute atomic E-state index is 0.277. The third kappa shape index (κ3) is 5.58. The first-order valence-electron chi connectivity index (χ1n) is 6.78. The van der Waals surface area contributed by atoms with Crippen LogP contribution in [-0.4, -0.2) is 51.2 Å². The normalized spacial score (nSPS) is 13.7. The molecule has 1 atom stereocenters. The molecule has 5 nitrogen and oxygen atoms in total. The van der Waals surface area contributed by atoms with Gasteiger partial charge in [0.25, 0.3) is 0 Å². The standard InChI is InChI=1S/C14H24N2O3S/c1-4-13(17)11-16(3)10-9-15-20(18,19)14-7-5-12(2)6-8-14/h5-8,13,15,17H,4,9-11H2,1-3H3/t13-/m1/s1. The van der Waals surface area contributed by atoms with Crippen molar-refractivity contribution in [3.05, 3.63) is 29.8 Å². The van der Waals surface area contributed by atoms with E-state index in [9.17, 15) is 13.5 Å². The molecule has 0 fully saturated rings.